The Morgan fingerprint density at radius 2 is 1.84 bits per heavy atom. The van der Waals surface area contributed by atoms with Crippen LogP contribution in [0.3, 0.4) is 0 Å². The molecule has 172 valence electrons. The number of ketones is 1. The molecule has 32 heavy (non-hydrogen) atoms. The van der Waals surface area contributed by atoms with E-state index in [1.165, 1.54) is 7.11 Å². The van der Waals surface area contributed by atoms with E-state index in [1.807, 2.05) is 39.8 Å². The molecule has 0 spiro atoms. The molecule has 2 aliphatic rings. The summed E-state index contributed by atoms with van der Waals surface area (Å²) in [6, 6.07) is 7.25. The zero-order valence-electron chi connectivity index (χ0n) is 19.5. The smallest absolute Gasteiger partial charge is 0.337 e. The predicted molar refractivity (Wildman–Crippen MR) is 119 cm³/mol. The van der Waals surface area contributed by atoms with E-state index in [1.54, 1.807) is 19.2 Å². The van der Waals surface area contributed by atoms with Crippen molar-refractivity contribution in [2.75, 3.05) is 14.2 Å². The molecule has 1 aliphatic carbocycles. The van der Waals surface area contributed by atoms with Crippen molar-refractivity contribution >= 4 is 17.7 Å². The van der Waals surface area contributed by atoms with Gasteiger partial charge in [-0.3, -0.25) is 9.59 Å². The topological polar surface area (TPSA) is 90.9 Å². The molecule has 1 aliphatic heterocycles. The van der Waals surface area contributed by atoms with Crippen molar-refractivity contribution in [1.82, 2.24) is 5.32 Å². The molecule has 0 radical (unpaired) electrons. The van der Waals surface area contributed by atoms with Crippen LogP contribution in [0.5, 0.6) is 5.75 Å². The monoisotopic (exact) mass is 441 g/mol. The summed E-state index contributed by atoms with van der Waals surface area (Å²) in [4.78, 5) is 39.3. The van der Waals surface area contributed by atoms with Gasteiger partial charge >= 0.3 is 11.9 Å². The van der Waals surface area contributed by atoms with Crippen LogP contribution < -0.4 is 10.1 Å². The second-order valence-electron chi connectivity index (χ2n) is 8.43. The highest BCUT2D eigenvalue weighted by atomic mass is 16.5. The van der Waals surface area contributed by atoms with E-state index in [9.17, 15) is 14.4 Å². The number of hydrogen-bond donors (Lipinski definition) is 1. The number of Topliss-reactive ketones (excluding diaryl/α,β-unsaturated/α-hetero) is 1. The van der Waals surface area contributed by atoms with Crippen molar-refractivity contribution in [1.29, 1.82) is 0 Å². The minimum atomic E-state index is -0.911. The normalized spacial score (nSPS) is 23.8. The fourth-order valence-electron chi connectivity index (χ4n) is 4.41. The Kier molecular flexibility index (Phi) is 7.06. The summed E-state index contributed by atoms with van der Waals surface area (Å²) in [6.45, 7) is 7.44. The first kappa shape index (κ1) is 23.6. The van der Waals surface area contributed by atoms with E-state index >= 15 is 0 Å². The van der Waals surface area contributed by atoms with Gasteiger partial charge in [0.2, 0.25) is 0 Å². The van der Waals surface area contributed by atoms with E-state index in [2.05, 4.69) is 5.32 Å². The van der Waals surface area contributed by atoms with Gasteiger partial charge in [0.1, 0.15) is 11.7 Å². The first-order valence-electron chi connectivity index (χ1n) is 10.9. The van der Waals surface area contributed by atoms with Crippen LogP contribution in [0.15, 0.2) is 46.8 Å². The van der Waals surface area contributed by atoms with Crippen molar-refractivity contribution < 1.29 is 28.6 Å². The van der Waals surface area contributed by atoms with Crippen molar-refractivity contribution in [2.24, 2.45) is 11.8 Å². The van der Waals surface area contributed by atoms with Gasteiger partial charge in [-0.25, -0.2) is 4.79 Å². The fourth-order valence-corrected chi connectivity index (χ4v) is 4.41. The number of benzene rings is 1. The standard InChI is InChI=1S/C25H31NO6/c1-7-14(3)32-25(29)20-15(4)26-18-12-13(2)19(24(28)31-6)23(27)22(18)21(20)16-8-10-17(30-5)11-9-16/h8-11,13-14,19,21,26H,7,12H2,1-6H3/t13-,14+,19-,21+/m1/s1. The number of carbonyl (C=O) groups is 3. The molecular formula is C25H31NO6. The van der Waals surface area contributed by atoms with Gasteiger partial charge < -0.3 is 19.5 Å². The number of hydrogen-bond acceptors (Lipinski definition) is 7. The second-order valence-corrected chi connectivity index (χ2v) is 8.43. The lowest BCUT2D eigenvalue weighted by molar-refractivity contribution is -0.151. The first-order valence-corrected chi connectivity index (χ1v) is 10.9. The first-order chi connectivity index (χ1) is 15.2. The number of methoxy groups -OCH3 is 2. The van der Waals surface area contributed by atoms with E-state index in [-0.39, 0.29) is 17.8 Å². The Bertz CT molecular complexity index is 975. The maximum Gasteiger partial charge on any atom is 0.337 e. The molecule has 0 amide bonds. The summed E-state index contributed by atoms with van der Waals surface area (Å²) >= 11 is 0. The molecule has 7 nitrogen and oxygen atoms in total. The van der Waals surface area contributed by atoms with Gasteiger partial charge in [-0.05, 0) is 50.3 Å². The number of nitrogens with one attached hydrogen (secondary N) is 1. The average Bonchev–Trinajstić information content (AvgIpc) is 2.77. The quantitative estimate of drug-likeness (QED) is 0.532. The Hall–Kier alpha value is -3.09. The molecule has 3 rings (SSSR count). The number of esters is 2. The Balaban J connectivity index is 2.15. The molecule has 1 N–H and O–H groups in total. The van der Waals surface area contributed by atoms with E-state index in [4.69, 9.17) is 14.2 Å². The Labute approximate surface area is 188 Å². The van der Waals surface area contributed by atoms with Gasteiger partial charge in [0.15, 0.2) is 5.78 Å². The minimum absolute atomic E-state index is 0.223. The lowest BCUT2D eigenvalue weighted by atomic mass is 9.69. The lowest BCUT2D eigenvalue weighted by Crippen LogP contribution is -2.43. The van der Waals surface area contributed by atoms with Gasteiger partial charge in [-0.2, -0.15) is 0 Å². The molecule has 1 aromatic rings. The summed E-state index contributed by atoms with van der Waals surface area (Å²) in [5, 5.41) is 3.26. The van der Waals surface area contributed by atoms with E-state index in [0.29, 0.717) is 35.4 Å². The maximum absolute atomic E-state index is 13.6. The van der Waals surface area contributed by atoms with Crippen LogP contribution in [0, 0.1) is 11.8 Å². The molecule has 7 heteroatoms. The highest BCUT2D eigenvalue weighted by Crippen LogP contribution is 2.45. The second kappa shape index (κ2) is 9.59. The van der Waals surface area contributed by atoms with Crippen molar-refractivity contribution in [3.05, 3.63) is 52.4 Å². The number of carbonyl (C=O) groups excluding carboxylic acids is 3. The molecule has 0 bridgehead atoms. The number of allylic oxidation sites excluding steroid dienone is 3. The molecule has 0 unspecified atom stereocenters. The Morgan fingerprint density at radius 3 is 2.41 bits per heavy atom. The molecule has 1 heterocycles. The van der Waals surface area contributed by atoms with Gasteiger partial charge in [0.25, 0.3) is 0 Å². The predicted octanol–water partition coefficient (Wildman–Crippen LogP) is 3.65. The summed E-state index contributed by atoms with van der Waals surface area (Å²) in [5.74, 6) is -2.47. The largest absolute Gasteiger partial charge is 0.497 e. The van der Waals surface area contributed by atoms with Crippen molar-refractivity contribution in [3.63, 3.8) is 0 Å². The van der Waals surface area contributed by atoms with E-state index in [0.717, 1.165) is 11.3 Å². The summed E-state index contributed by atoms with van der Waals surface area (Å²) in [7, 11) is 2.86. The SMILES string of the molecule is CC[C@H](C)OC(=O)C1=C(C)NC2=C(C(=O)[C@H](C(=O)OC)[C@H](C)C2)[C@H]1c1ccc(OC)cc1. The van der Waals surface area contributed by atoms with E-state index < -0.39 is 23.8 Å². The van der Waals surface area contributed by atoms with Crippen LogP contribution in [0.2, 0.25) is 0 Å². The highest BCUT2D eigenvalue weighted by molar-refractivity contribution is 6.12. The molecule has 0 saturated carbocycles. The third kappa shape index (κ3) is 4.29. The van der Waals surface area contributed by atoms with Crippen LogP contribution in [-0.2, 0) is 23.9 Å². The van der Waals surface area contributed by atoms with Gasteiger partial charge in [-0.15, -0.1) is 0 Å². The van der Waals surface area contributed by atoms with Crippen LogP contribution >= 0.6 is 0 Å². The molecule has 0 aromatic heterocycles. The zero-order chi connectivity index (χ0) is 23.6. The maximum atomic E-state index is 13.6. The third-order valence-electron chi connectivity index (χ3n) is 6.30. The average molecular weight is 442 g/mol. The van der Waals surface area contributed by atoms with Crippen LogP contribution in [0.1, 0.15) is 52.0 Å². The van der Waals surface area contributed by atoms with Crippen LogP contribution in [0.4, 0.5) is 0 Å². The third-order valence-corrected chi connectivity index (χ3v) is 6.30. The molecular weight excluding hydrogens is 410 g/mol. The Morgan fingerprint density at radius 1 is 1.19 bits per heavy atom. The molecule has 1 aromatic carbocycles. The van der Waals surface area contributed by atoms with Gasteiger partial charge in [0, 0.05) is 22.9 Å². The molecule has 0 fully saturated rings. The number of rotatable bonds is 6. The number of dihydropyridines is 1. The lowest BCUT2D eigenvalue weighted by Gasteiger charge is -2.38. The van der Waals surface area contributed by atoms with Gasteiger partial charge in [0.05, 0.1) is 25.9 Å². The summed E-state index contributed by atoms with van der Waals surface area (Å²) < 4.78 is 15.8. The van der Waals surface area contributed by atoms with Crippen molar-refractivity contribution in [2.45, 2.75) is 52.6 Å². The summed E-state index contributed by atoms with van der Waals surface area (Å²) in [5.41, 5.74) is 2.93. The fraction of sp³-hybridized carbons (Fsp3) is 0.480. The highest BCUT2D eigenvalue weighted by Gasteiger charge is 2.47. The van der Waals surface area contributed by atoms with Crippen LogP contribution in [-0.4, -0.2) is 38.0 Å². The summed E-state index contributed by atoms with van der Waals surface area (Å²) in [6.07, 6.45) is 0.908. The molecule has 0 saturated heterocycles. The van der Waals surface area contributed by atoms with Crippen LogP contribution in [0.25, 0.3) is 0 Å². The minimum Gasteiger partial charge on any atom is -0.497 e. The number of ether oxygens (including phenoxy) is 3. The molecule has 4 atom stereocenters. The zero-order valence-corrected chi connectivity index (χ0v) is 19.5. The van der Waals surface area contributed by atoms with Crippen molar-refractivity contribution in [3.8, 4) is 5.75 Å². The van der Waals surface area contributed by atoms with Gasteiger partial charge in [-0.1, -0.05) is 26.0 Å².